The van der Waals surface area contributed by atoms with Crippen molar-refractivity contribution in [2.24, 2.45) is 23.2 Å². The second-order valence-electron chi connectivity index (χ2n) is 9.81. The topological polar surface area (TPSA) is 45.2 Å². The van der Waals surface area contributed by atoms with Gasteiger partial charge in [0.25, 0.3) is 0 Å². The van der Waals surface area contributed by atoms with Crippen molar-refractivity contribution >= 4 is 11.7 Å². The van der Waals surface area contributed by atoms with Crippen LogP contribution in [0.3, 0.4) is 0 Å². The zero-order valence-electron chi connectivity index (χ0n) is 16.5. The molecule has 27 heavy (non-hydrogen) atoms. The van der Waals surface area contributed by atoms with Crippen LogP contribution in [0.5, 0.6) is 0 Å². The lowest BCUT2D eigenvalue weighted by Crippen LogP contribution is -2.53. The first kappa shape index (κ1) is 17.5. The highest BCUT2D eigenvalue weighted by Crippen LogP contribution is 2.60. The molecule has 0 unspecified atom stereocenters. The van der Waals surface area contributed by atoms with Gasteiger partial charge in [0.1, 0.15) is 5.82 Å². The molecule has 4 saturated carbocycles. The van der Waals surface area contributed by atoms with E-state index in [9.17, 15) is 4.79 Å². The van der Waals surface area contributed by atoms with Crippen molar-refractivity contribution in [2.45, 2.75) is 70.8 Å². The van der Waals surface area contributed by atoms with Gasteiger partial charge in [-0.05, 0) is 80.8 Å². The largest absolute Gasteiger partial charge is 0.357 e. The Kier molecular flexibility index (Phi) is 4.61. The molecule has 1 amide bonds. The highest BCUT2D eigenvalue weighted by atomic mass is 16.2. The van der Waals surface area contributed by atoms with E-state index in [4.69, 9.17) is 0 Å². The lowest BCUT2D eigenvalue weighted by Gasteiger charge is -2.55. The van der Waals surface area contributed by atoms with Crippen LogP contribution in [0.25, 0.3) is 0 Å². The van der Waals surface area contributed by atoms with Crippen molar-refractivity contribution in [3.63, 3.8) is 0 Å². The predicted molar refractivity (Wildman–Crippen MR) is 107 cm³/mol. The van der Waals surface area contributed by atoms with Gasteiger partial charge in [0.05, 0.1) is 0 Å². The Bertz CT molecular complexity index is 640. The standard InChI is InChI=1S/C23H33N3O/c27-22(23-12-18-9-19(13-23)11-20(10-18)14-23)25-16-17-5-6-21(24-15-17)26-7-3-1-2-4-8-26/h5-6,15,18-20H,1-4,7-14,16H2,(H,25,27). The molecule has 5 fully saturated rings. The first-order valence-electron chi connectivity index (χ1n) is 11.2. The van der Waals surface area contributed by atoms with Crippen molar-refractivity contribution in [1.29, 1.82) is 0 Å². The van der Waals surface area contributed by atoms with Gasteiger partial charge in [0.15, 0.2) is 0 Å². The molecule has 1 aromatic heterocycles. The van der Waals surface area contributed by atoms with E-state index < -0.39 is 0 Å². The van der Waals surface area contributed by atoms with Crippen LogP contribution in [0.4, 0.5) is 5.82 Å². The molecule has 4 heteroatoms. The summed E-state index contributed by atoms with van der Waals surface area (Å²) in [5, 5.41) is 3.27. The number of rotatable bonds is 4. The van der Waals surface area contributed by atoms with Gasteiger partial charge in [-0.1, -0.05) is 18.9 Å². The fourth-order valence-electron chi connectivity index (χ4n) is 6.77. The van der Waals surface area contributed by atoms with Crippen molar-refractivity contribution in [3.05, 3.63) is 23.9 Å². The molecule has 1 N–H and O–H groups in total. The Labute approximate surface area is 163 Å². The molecule has 4 aliphatic carbocycles. The molecule has 0 spiro atoms. The second-order valence-corrected chi connectivity index (χ2v) is 9.81. The number of carbonyl (C=O) groups excluding carboxylic acids is 1. The Morgan fingerprint density at radius 1 is 1.00 bits per heavy atom. The average Bonchev–Trinajstić information content (AvgIpc) is 2.95. The van der Waals surface area contributed by atoms with Crippen LogP contribution in [0.1, 0.15) is 69.8 Å². The van der Waals surface area contributed by atoms with Crippen molar-refractivity contribution in [3.8, 4) is 0 Å². The van der Waals surface area contributed by atoms with Crippen LogP contribution in [-0.2, 0) is 11.3 Å². The van der Waals surface area contributed by atoms with Crippen LogP contribution >= 0.6 is 0 Å². The smallest absolute Gasteiger partial charge is 0.226 e. The molecule has 4 bridgehead atoms. The number of anilines is 1. The number of pyridine rings is 1. The maximum atomic E-state index is 13.1. The highest BCUT2D eigenvalue weighted by Gasteiger charge is 2.54. The molecule has 2 heterocycles. The molecule has 5 aliphatic rings. The maximum absolute atomic E-state index is 13.1. The number of nitrogens with one attached hydrogen (secondary N) is 1. The van der Waals surface area contributed by atoms with E-state index in [2.05, 4.69) is 27.3 Å². The third-order valence-electron chi connectivity index (χ3n) is 7.71. The van der Waals surface area contributed by atoms with Gasteiger partial charge in [-0.3, -0.25) is 4.79 Å². The molecule has 0 aromatic carbocycles. The van der Waals surface area contributed by atoms with E-state index in [1.807, 2.05) is 6.20 Å². The third kappa shape index (κ3) is 3.48. The quantitative estimate of drug-likeness (QED) is 0.863. The molecule has 1 aromatic rings. The second kappa shape index (κ2) is 7.10. The molecule has 4 nitrogen and oxygen atoms in total. The highest BCUT2D eigenvalue weighted by molar-refractivity contribution is 5.83. The van der Waals surface area contributed by atoms with Gasteiger partial charge in [0.2, 0.25) is 5.91 Å². The van der Waals surface area contributed by atoms with E-state index in [-0.39, 0.29) is 5.41 Å². The fourth-order valence-corrected chi connectivity index (χ4v) is 6.77. The van der Waals surface area contributed by atoms with Crippen molar-refractivity contribution < 1.29 is 4.79 Å². The number of hydrogen-bond donors (Lipinski definition) is 1. The average molecular weight is 368 g/mol. The Morgan fingerprint density at radius 3 is 2.19 bits per heavy atom. The zero-order valence-corrected chi connectivity index (χ0v) is 16.5. The van der Waals surface area contributed by atoms with Gasteiger partial charge >= 0.3 is 0 Å². The summed E-state index contributed by atoms with van der Waals surface area (Å²) in [5.74, 6) is 3.86. The lowest BCUT2D eigenvalue weighted by atomic mass is 9.49. The van der Waals surface area contributed by atoms with Crippen molar-refractivity contribution in [2.75, 3.05) is 18.0 Å². The molecule has 0 atom stereocenters. The van der Waals surface area contributed by atoms with Gasteiger partial charge in [-0.15, -0.1) is 0 Å². The van der Waals surface area contributed by atoms with E-state index >= 15 is 0 Å². The first-order chi connectivity index (χ1) is 13.2. The Balaban J connectivity index is 1.19. The Morgan fingerprint density at radius 2 is 1.63 bits per heavy atom. The molecule has 6 rings (SSSR count). The number of aromatic nitrogens is 1. The van der Waals surface area contributed by atoms with Crippen LogP contribution in [0, 0.1) is 23.2 Å². The monoisotopic (exact) mass is 367 g/mol. The summed E-state index contributed by atoms with van der Waals surface area (Å²) in [6.45, 7) is 2.86. The third-order valence-corrected chi connectivity index (χ3v) is 7.71. The SMILES string of the molecule is O=C(NCc1ccc(N2CCCCCC2)nc1)C12CC3CC(CC(C3)C1)C2. The van der Waals surface area contributed by atoms with Crippen LogP contribution in [0.2, 0.25) is 0 Å². The minimum atomic E-state index is -0.0475. The van der Waals surface area contributed by atoms with Gasteiger partial charge < -0.3 is 10.2 Å². The number of carbonyl (C=O) groups is 1. The summed E-state index contributed by atoms with van der Waals surface area (Å²) in [7, 11) is 0. The van der Waals surface area contributed by atoms with E-state index in [1.165, 1.54) is 44.9 Å². The lowest BCUT2D eigenvalue weighted by molar-refractivity contribution is -0.146. The summed E-state index contributed by atoms with van der Waals surface area (Å²) in [6, 6.07) is 4.28. The van der Waals surface area contributed by atoms with Gasteiger partial charge in [0, 0.05) is 31.2 Å². The van der Waals surface area contributed by atoms with E-state index in [0.717, 1.165) is 61.5 Å². The molecule has 146 valence electrons. The maximum Gasteiger partial charge on any atom is 0.226 e. The fraction of sp³-hybridized carbons (Fsp3) is 0.739. The van der Waals surface area contributed by atoms with E-state index in [1.54, 1.807) is 0 Å². The molecule has 1 aliphatic heterocycles. The number of hydrogen-bond acceptors (Lipinski definition) is 3. The minimum absolute atomic E-state index is 0.0475. The molecular weight excluding hydrogens is 334 g/mol. The summed E-state index contributed by atoms with van der Waals surface area (Å²) in [6.07, 6.45) is 14.7. The van der Waals surface area contributed by atoms with Crippen LogP contribution in [0.15, 0.2) is 18.3 Å². The van der Waals surface area contributed by atoms with Gasteiger partial charge in [-0.25, -0.2) is 4.98 Å². The number of nitrogens with zero attached hydrogens (tertiary/aromatic N) is 2. The van der Waals surface area contributed by atoms with Crippen LogP contribution in [-0.4, -0.2) is 24.0 Å². The summed E-state index contributed by atoms with van der Waals surface area (Å²) in [4.78, 5) is 20.2. The normalized spacial score (nSPS) is 35.1. The molecule has 1 saturated heterocycles. The zero-order chi connectivity index (χ0) is 18.3. The molecular formula is C23H33N3O. The minimum Gasteiger partial charge on any atom is -0.357 e. The molecule has 0 radical (unpaired) electrons. The van der Waals surface area contributed by atoms with E-state index in [0.29, 0.717) is 12.5 Å². The predicted octanol–water partition coefficient (Wildman–Crippen LogP) is 4.29. The van der Waals surface area contributed by atoms with Gasteiger partial charge in [-0.2, -0.15) is 0 Å². The van der Waals surface area contributed by atoms with Crippen LogP contribution < -0.4 is 10.2 Å². The first-order valence-corrected chi connectivity index (χ1v) is 11.2. The number of amides is 1. The summed E-state index contributed by atoms with van der Waals surface area (Å²) < 4.78 is 0. The van der Waals surface area contributed by atoms with Crippen molar-refractivity contribution in [1.82, 2.24) is 10.3 Å². The Hall–Kier alpha value is -1.58. The summed E-state index contributed by atoms with van der Waals surface area (Å²) >= 11 is 0. The summed E-state index contributed by atoms with van der Waals surface area (Å²) in [5.41, 5.74) is 1.07.